The van der Waals surface area contributed by atoms with E-state index < -0.39 is 0 Å². The van der Waals surface area contributed by atoms with E-state index in [2.05, 4.69) is 34.9 Å². The summed E-state index contributed by atoms with van der Waals surface area (Å²) in [7, 11) is 1.98. The van der Waals surface area contributed by atoms with Crippen molar-refractivity contribution in [3.63, 3.8) is 0 Å². The van der Waals surface area contributed by atoms with Crippen LogP contribution in [0.2, 0.25) is 0 Å². The summed E-state index contributed by atoms with van der Waals surface area (Å²) < 4.78 is 2.05. The second kappa shape index (κ2) is 9.50. The van der Waals surface area contributed by atoms with Crippen molar-refractivity contribution in [2.45, 2.75) is 46.0 Å². The van der Waals surface area contributed by atoms with E-state index in [1.54, 1.807) is 6.92 Å². The molecule has 1 aliphatic carbocycles. The zero-order valence-corrected chi connectivity index (χ0v) is 21.8. The Bertz CT molecular complexity index is 1430. The molecule has 192 valence electrons. The molecule has 1 saturated heterocycles. The highest BCUT2D eigenvalue weighted by atomic mass is 16.2. The highest BCUT2D eigenvalue weighted by molar-refractivity contribution is 6.05. The third-order valence-corrected chi connectivity index (χ3v) is 7.78. The molecule has 2 aliphatic rings. The first-order chi connectivity index (χ1) is 17.7. The number of aromatic nitrogens is 3. The Morgan fingerprint density at radius 3 is 2.46 bits per heavy atom. The van der Waals surface area contributed by atoms with Gasteiger partial charge in [-0.1, -0.05) is 31.7 Å². The number of rotatable bonds is 5. The lowest BCUT2D eigenvalue weighted by molar-refractivity contribution is -0.140. The SMILES string of the molecule is C=C(C)C(=O)Nc1ccc(-c2c(C3=CC[C@](C)(C(=O)N4CCCC4)CC3)c3c(N)ncnc3n2C)cc1. The number of hydrogen-bond acceptors (Lipinski definition) is 5. The van der Waals surface area contributed by atoms with Crippen LogP contribution in [0.1, 0.15) is 51.5 Å². The average Bonchev–Trinajstić information content (AvgIpc) is 3.52. The quantitative estimate of drug-likeness (QED) is 0.485. The molecule has 0 unspecified atom stereocenters. The monoisotopic (exact) mass is 498 g/mol. The number of likely N-dealkylation sites (tertiary alicyclic amines) is 1. The summed E-state index contributed by atoms with van der Waals surface area (Å²) in [6.07, 6.45) is 8.13. The van der Waals surface area contributed by atoms with Gasteiger partial charge in [0.15, 0.2) is 0 Å². The maximum Gasteiger partial charge on any atom is 0.250 e. The van der Waals surface area contributed by atoms with Crippen LogP contribution in [-0.2, 0) is 16.6 Å². The molecule has 0 radical (unpaired) electrons. The molecular formula is C29H34N6O2. The first-order valence-corrected chi connectivity index (χ1v) is 12.8. The fourth-order valence-electron chi connectivity index (χ4n) is 5.56. The molecule has 0 saturated carbocycles. The summed E-state index contributed by atoms with van der Waals surface area (Å²) in [6, 6.07) is 7.74. The molecule has 1 atom stereocenters. The Hall–Kier alpha value is -3.94. The molecule has 1 aliphatic heterocycles. The fraction of sp³-hybridized carbons (Fsp3) is 0.379. The number of nitrogens with one attached hydrogen (secondary N) is 1. The number of amides is 2. The van der Waals surface area contributed by atoms with Gasteiger partial charge in [-0.05, 0) is 62.3 Å². The molecule has 1 fully saturated rings. The van der Waals surface area contributed by atoms with Crippen LogP contribution in [0.3, 0.4) is 0 Å². The zero-order chi connectivity index (χ0) is 26.3. The molecule has 3 heterocycles. The largest absolute Gasteiger partial charge is 0.383 e. The molecular weight excluding hydrogens is 464 g/mol. The molecule has 37 heavy (non-hydrogen) atoms. The lowest BCUT2D eigenvalue weighted by atomic mass is 9.74. The van der Waals surface area contributed by atoms with Crippen LogP contribution >= 0.6 is 0 Å². The second-order valence-electron chi connectivity index (χ2n) is 10.5. The van der Waals surface area contributed by atoms with Crippen LogP contribution in [0.5, 0.6) is 0 Å². The fourth-order valence-corrected chi connectivity index (χ4v) is 5.56. The van der Waals surface area contributed by atoms with Crippen LogP contribution in [-0.4, -0.2) is 44.3 Å². The van der Waals surface area contributed by atoms with Crippen molar-refractivity contribution in [3.8, 4) is 11.3 Å². The van der Waals surface area contributed by atoms with E-state index in [-0.39, 0.29) is 17.2 Å². The Kier molecular flexibility index (Phi) is 6.35. The van der Waals surface area contributed by atoms with Crippen molar-refractivity contribution in [2.75, 3.05) is 24.1 Å². The number of carbonyl (C=O) groups is 2. The van der Waals surface area contributed by atoms with Crippen LogP contribution in [0.4, 0.5) is 11.5 Å². The van der Waals surface area contributed by atoms with Gasteiger partial charge in [-0.15, -0.1) is 0 Å². The van der Waals surface area contributed by atoms with E-state index >= 15 is 0 Å². The van der Waals surface area contributed by atoms with E-state index in [0.717, 1.165) is 72.2 Å². The van der Waals surface area contributed by atoms with Crippen molar-refractivity contribution >= 4 is 39.9 Å². The minimum absolute atomic E-state index is 0.208. The van der Waals surface area contributed by atoms with Gasteiger partial charge in [0.05, 0.1) is 16.5 Å². The summed E-state index contributed by atoms with van der Waals surface area (Å²) in [6.45, 7) is 9.21. The number of benzene rings is 1. The van der Waals surface area contributed by atoms with Gasteiger partial charge in [0.1, 0.15) is 17.8 Å². The first kappa shape index (κ1) is 24.7. The van der Waals surface area contributed by atoms with E-state index in [1.807, 2.05) is 40.8 Å². The Morgan fingerprint density at radius 1 is 1.14 bits per heavy atom. The van der Waals surface area contributed by atoms with E-state index in [9.17, 15) is 9.59 Å². The molecule has 3 N–H and O–H groups in total. The third-order valence-electron chi connectivity index (χ3n) is 7.78. The molecule has 2 amide bonds. The molecule has 0 spiro atoms. The number of nitrogens with two attached hydrogens (primary N) is 1. The Morgan fingerprint density at radius 2 is 1.84 bits per heavy atom. The van der Waals surface area contributed by atoms with Crippen molar-refractivity contribution in [2.24, 2.45) is 12.5 Å². The third kappa shape index (κ3) is 4.41. The van der Waals surface area contributed by atoms with Crippen molar-refractivity contribution in [1.29, 1.82) is 0 Å². The van der Waals surface area contributed by atoms with Gasteiger partial charge in [-0.2, -0.15) is 0 Å². The van der Waals surface area contributed by atoms with E-state index in [0.29, 0.717) is 23.5 Å². The zero-order valence-electron chi connectivity index (χ0n) is 21.8. The summed E-state index contributed by atoms with van der Waals surface area (Å²) in [5.74, 6) is 0.503. The second-order valence-corrected chi connectivity index (χ2v) is 10.5. The predicted octanol–water partition coefficient (Wildman–Crippen LogP) is 4.93. The molecule has 8 nitrogen and oxygen atoms in total. The normalized spacial score (nSPS) is 19.6. The van der Waals surface area contributed by atoms with Gasteiger partial charge in [0, 0.05) is 37.0 Å². The van der Waals surface area contributed by atoms with Crippen molar-refractivity contribution in [3.05, 3.63) is 54.4 Å². The number of nitrogen functional groups attached to an aromatic ring is 1. The molecule has 0 bridgehead atoms. The maximum absolute atomic E-state index is 13.3. The van der Waals surface area contributed by atoms with Crippen LogP contribution < -0.4 is 11.1 Å². The smallest absolute Gasteiger partial charge is 0.250 e. The summed E-state index contributed by atoms with van der Waals surface area (Å²) in [5, 5.41) is 3.69. The molecule has 8 heteroatoms. The lowest BCUT2D eigenvalue weighted by Crippen LogP contribution is -2.41. The number of carbonyl (C=O) groups excluding carboxylic acids is 2. The number of nitrogens with zero attached hydrogens (tertiary/aromatic N) is 4. The molecule has 1 aromatic carbocycles. The van der Waals surface area contributed by atoms with Gasteiger partial charge >= 0.3 is 0 Å². The van der Waals surface area contributed by atoms with Crippen LogP contribution in [0, 0.1) is 5.41 Å². The molecule has 3 aromatic rings. The average molecular weight is 499 g/mol. The van der Waals surface area contributed by atoms with E-state index in [4.69, 9.17) is 5.73 Å². The van der Waals surface area contributed by atoms with Gasteiger partial charge < -0.3 is 20.5 Å². The predicted molar refractivity (Wildman–Crippen MR) is 148 cm³/mol. The Balaban J connectivity index is 1.55. The van der Waals surface area contributed by atoms with E-state index in [1.165, 1.54) is 6.33 Å². The van der Waals surface area contributed by atoms with Gasteiger partial charge in [0.2, 0.25) is 5.91 Å². The van der Waals surface area contributed by atoms with Crippen molar-refractivity contribution < 1.29 is 9.59 Å². The number of aryl methyl sites for hydroxylation is 1. The number of hydrogen-bond donors (Lipinski definition) is 2. The van der Waals surface area contributed by atoms with Crippen molar-refractivity contribution in [1.82, 2.24) is 19.4 Å². The maximum atomic E-state index is 13.3. The summed E-state index contributed by atoms with van der Waals surface area (Å²) in [5.41, 5.74) is 12.1. The lowest BCUT2D eigenvalue weighted by Gasteiger charge is -2.35. The molecule has 2 aromatic heterocycles. The number of fused-ring (bicyclic) bond motifs is 1. The minimum atomic E-state index is -0.385. The highest BCUT2D eigenvalue weighted by Gasteiger charge is 2.39. The molecule has 5 rings (SSSR count). The topological polar surface area (TPSA) is 106 Å². The number of allylic oxidation sites excluding steroid dienone is 2. The van der Waals surface area contributed by atoms with Gasteiger partial charge in [-0.25, -0.2) is 9.97 Å². The summed E-state index contributed by atoms with van der Waals surface area (Å²) >= 11 is 0. The summed E-state index contributed by atoms with van der Waals surface area (Å²) in [4.78, 5) is 36.2. The highest BCUT2D eigenvalue weighted by Crippen LogP contribution is 2.46. The standard InChI is InChI=1S/C29H34N6O2/c1-18(2)27(36)33-21-9-7-20(8-10-21)24-22(23-25(30)31-17-32-26(23)34(24)4)19-11-13-29(3,14-12-19)28(37)35-15-5-6-16-35/h7-11,17H,1,5-6,12-16H2,2-4H3,(H,33,36)(H2,30,31,32)/t29-/m0/s1. The van der Waals surface area contributed by atoms with Crippen LogP contribution in [0.15, 0.2) is 48.8 Å². The van der Waals surface area contributed by atoms with Gasteiger partial charge in [0.25, 0.3) is 5.91 Å². The number of anilines is 2. The Labute approximate surface area is 217 Å². The first-order valence-electron chi connectivity index (χ1n) is 12.8. The minimum Gasteiger partial charge on any atom is -0.383 e. The van der Waals surface area contributed by atoms with Crippen LogP contribution in [0.25, 0.3) is 27.9 Å². The van der Waals surface area contributed by atoms with Gasteiger partial charge in [-0.3, -0.25) is 9.59 Å².